The van der Waals surface area contributed by atoms with E-state index in [2.05, 4.69) is 0 Å². The normalized spacial score (nSPS) is 15.9. The van der Waals surface area contributed by atoms with Gasteiger partial charge in [-0.05, 0) is 24.5 Å². The minimum Gasteiger partial charge on any atom is -0.303 e. The Morgan fingerprint density at radius 3 is 2.33 bits per heavy atom. The zero-order chi connectivity index (χ0) is 17.2. The second kappa shape index (κ2) is 6.61. The molecule has 2 aromatic rings. The van der Waals surface area contributed by atoms with Crippen molar-refractivity contribution in [2.45, 2.75) is 31.2 Å². The molecule has 1 amide bonds. The number of hydrogen-bond donors (Lipinski definition) is 0. The summed E-state index contributed by atoms with van der Waals surface area (Å²) in [5.41, 5.74) is 1.02. The van der Waals surface area contributed by atoms with E-state index in [-0.39, 0.29) is 10.7 Å². The molecule has 0 atom stereocenters. The molecule has 1 aliphatic rings. The Morgan fingerprint density at radius 2 is 1.79 bits per heavy atom. The summed E-state index contributed by atoms with van der Waals surface area (Å²) in [4.78, 5) is 24.0. The van der Waals surface area contributed by atoms with Gasteiger partial charge in [-0.25, -0.2) is 0 Å². The first-order chi connectivity index (χ1) is 11.6. The summed E-state index contributed by atoms with van der Waals surface area (Å²) in [5, 5.41) is 11.1. The third kappa shape index (κ3) is 2.76. The summed E-state index contributed by atoms with van der Waals surface area (Å²) in [6.07, 6.45) is 4.49. The van der Waals surface area contributed by atoms with Gasteiger partial charge in [0, 0.05) is 12.1 Å². The lowest BCUT2D eigenvalue weighted by molar-refractivity contribution is -0.384. The first-order valence-electron chi connectivity index (χ1n) is 7.82. The van der Waals surface area contributed by atoms with Crippen LogP contribution >= 0.6 is 11.6 Å². The zero-order valence-electron chi connectivity index (χ0n) is 13.0. The summed E-state index contributed by atoms with van der Waals surface area (Å²) in [6.45, 7) is 0. The quantitative estimate of drug-likeness (QED) is 0.449. The van der Waals surface area contributed by atoms with Gasteiger partial charge < -0.3 is 4.90 Å². The van der Waals surface area contributed by atoms with Crippen molar-refractivity contribution >= 4 is 29.4 Å². The van der Waals surface area contributed by atoms with E-state index in [9.17, 15) is 14.9 Å². The van der Waals surface area contributed by atoms with Crippen LogP contribution in [0.25, 0.3) is 0 Å². The first kappa shape index (κ1) is 16.5. The lowest BCUT2D eigenvalue weighted by atomic mass is 9.86. The zero-order valence-corrected chi connectivity index (χ0v) is 13.8. The van der Waals surface area contributed by atoms with Crippen LogP contribution in [0, 0.1) is 10.1 Å². The second-order valence-corrected chi connectivity index (χ2v) is 6.38. The molecule has 1 saturated carbocycles. The summed E-state index contributed by atoms with van der Waals surface area (Å²) in [5.74, 6) is 0. The predicted octanol–water partition coefficient (Wildman–Crippen LogP) is 4.68. The standard InChI is InChI=1S/C18H17ClN2O3/c19-16-12-15(21(23)24)8-9-17(16)20(13-22)18(10-4-5-11-18)14-6-2-1-3-7-14/h1-3,6-9,12-13H,4-5,10-11H2. The number of carbonyl (C=O) groups excluding carboxylic acids is 1. The van der Waals surface area contributed by atoms with E-state index in [1.165, 1.54) is 12.1 Å². The fourth-order valence-corrected chi connectivity index (χ4v) is 3.84. The van der Waals surface area contributed by atoms with Crippen molar-refractivity contribution in [3.63, 3.8) is 0 Å². The van der Waals surface area contributed by atoms with Crippen molar-refractivity contribution in [3.05, 3.63) is 69.2 Å². The topological polar surface area (TPSA) is 63.5 Å². The highest BCUT2D eigenvalue weighted by atomic mass is 35.5. The molecule has 2 aromatic carbocycles. The molecule has 1 fully saturated rings. The molecule has 1 aliphatic carbocycles. The molecule has 0 aromatic heterocycles. The average Bonchev–Trinajstić information content (AvgIpc) is 3.08. The van der Waals surface area contributed by atoms with E-state index < -0.39 is 10.5 Å². The number of benzene rings is 2. The number of hydrogen-bond acceptors (Lipinski definition) is 3. The number of non-ortho nitro benzene ring substituents is 1. The predicted molar refractivity (Wildman–Crippen MR) is 93.2 cm³/mol. The molecule has 0 aliphatic heterocycles. The van der Waals surface area contributed by atoms with Crippen molar-refractivity contribution < 1.29 is 9.72 Å². The van der Waals surface area contributed by atoms with Crippen LogP contribution in [0.4, 0.5) is 11.4 Å². The maximum absolute atomic E-state index is 12.0. The number of nitro groups is 1. The van der Waals surface area contributed by atoms with Crippen molar-refractivity contribution in [1.29, 1.82) is 0 Å². The van der Waals surface area contributed by atoms with Gasteiger partial charge in [-0.3, -0.25) is 14.9 Å². The van der Waals surface area contributed by atoms with Gasteiger partial charge in [-0.1, -0.05) is 54.8 Å². The maximum atomic E-state index is 12.0. The molecule has 6 heteroatoms. The third-order valence-corrected chi connectivity index (χ3v) is 5.01. The highest BCUT2D eigenvalue weighted by Gasteiger charge is 2.42. The molecule has 0 N–H and O–H groups in total. The van der Waals surface area contributed by atoms with Crippen LogP contribution in [0.2, 0.25) is 5.02 Å². The summed E-state index contributed by atoms with van der Waals surface area (Å²) >= 11 is 6.27. The number of nitrogens with zero attached hydrogens (tertiary/aromatic N) is 2. The highest BCUT2D eigenvalue weighted by Crippen LogP contribution is 2.47. The van der Waals surface area contributed by atoms with E-state index >= 15 is 0 Å². The summed E-state index contributed by atoms with van der Waals surface area (Å²) in [6, 6.07) is 14.1. The van der Waals surface area contributed by atoms with Crippen LogP contribution in [-0.4, -0.2) is 11.3 Å². The Morgan fingerprint density at radius 1 is 1.12 bits per heavy atom. The molecular weight excluding hydrogens is 328 g/mol. The molecule has 0 heterocycles. The molecule has 5 nitrogen and oxygen atoms in total. The lowest BCUT2D eigenvalue weighted by Gasteiger charge is -2.40. The largest absolute Gasteiger partial charge is 0.303 e. The molecule has 0 spiro atoms. The SMILES string of the molecule is O=CN(c1ccc([N+](=O)[O-])cc1Cl)C1(c2ccccc2)CCCC1. The Labute approximate surface area is 145 Å². The molecule has 24 heavy (non-hydrogen) atoms. The maximum Gasteiger partial charge on any atom is 0.271 e. The number of carbonyl (C=O) groups is 1. The molecule has 0 unspecified atom stereocenters. The number of anilines is 1. The fraction of sp³-hybridized carbons (Fsp3) is 0.278. The lowest BCUT2D eigenvalue weighted by Crippen LogP contribution is -2.43. The van der Waals surface area contributed by atoms with E-state index in [1.807, 2.05) is 30.3 Å². The average molecular weight is 345 g/mol. The Bertz CT molecular complexity index is 758. The first-order valence-corrected chi connectivity index (χ1v) is 8.20. The van der Waals surface area contributed by atoms with Gasteiger partial charge in [0.1, 0.15) is 0 Å². The van der Waals surface area contributed by atoms with Gasteiger partial charge in [0.25, 0.3) is 5.69 Å². The van der Waals surface area contributed by atoms with E-state index in [4.69, 9.17) is 11.6 Å². The Balaban J connectivity index is 2.10. The van der Waals surface area contributed by atoms with Gasteiger partial charge >= 0.3 is 0 Å². The van der Waals surface area contributed by atoms with Crippen molar-refractivity contribution in [2.75, 3.05) is 4.90 Å². The molecule has 3 rings (SSSR count). The van der Waals surface area contributed by atoms with Gasteiger partial charge in [0.15, 0.2) is 0 Å². The molecular formula is C18H17ClN2O3. The van der Waals surface area contributed by atoms with E-state index in [0.29, 0.717) is 5.69 Å². The van der Waals surface area contributed by atoms with E-state index in [1.54, 1.807) is 11.0 Å². The summed E-state index contributed by atoms with van der Waals surface area (Å²) < 4.78 is 0. The van der Waals surface area contributed by atoms with Crippen LogP contribution < -0.4 is 4.90 Å². The summed E-state index contributed by atoms with van der Waals surface area (Å²) in [7, 11) is 0. The second-order valence-electron chi connectivity index (χ2n) is 5.97. The smallest absolute Gasteiger partial charge is 0.271 e. The van der Waals surface area contributed by atoms with Gasteiger partial charge in [-0.15, -0.1) is 0 Å². The van der Waals surface area contributed by atoms with Gasteiger partial charge in [0.05, 0.1) is 21.2 Å². The van der Waals surface area contributed by atoms with Crippen molar-refractivity contribution in [1.82, 2.24) is 0 Å². The number of amides is 1. The monoisotopic (exact) mass is 344 g/mol. The van der Waals surface area contributed by atoms with Crippen molar-refractivity contribution in [3.8, 4) is 0 Å². The highest BCUT2D eigenvalue weighted by molar-refractivity contribution is 6.33. The van der Waals surface area contributed by atoms with Gasteiger partial charge in [0.2, 0.25) is 6.41 Å². The Kier molecular flexibility index (Phi) is 4.53. The van der Waals surface area contributed by atoms with Crippen LogP contribution in [-0.2, 0) is 10.3 Å². The van der Waals surface area contributed by atoms with Crippen LogP contribution in [0.3, 0.4) is 0 Å². The molecule has 0 saturated heterocycles. The molecule has 124 valence electrons. The van der Waals surface area contributed by atoms with Crippen LogP contribution in [0.15, 0.2) is 48.5 Å². The third-order valence-electron chi connectivity index (χ3n) is 4.71. The van der Waals surface area contributed by atoms with Crippen LogP contribution in [0.5, 0.6) is 0 Å². The number of halogens is 1. The van der Waals surface area contributed by atoms with Crippen molar-refractivity contribution in [2.24, 2.45) is 0 Å². The minimum absolute atomic E-state index is 0.0882. The fourth-order valence-electron chi connectivity index (χ4n) is 3.57. The number of rotatable bonds is 5. The Hall–Kier alpha value is -2.40. The van der Waals surface area contributed by atoms with Gasteiger partial charge in [-0.2, -0.15) is 0 Å². The van der Waals surface area contributed by atoms with Crippen LogP contribution in [0.1, 0.15) is 31.2 Å². The molecule has 0 bridgehead atoms. The number of nitro benzene ring substituents is 1. The molecule has 0 radical (unpaired) electrons. The van der Waals surface area contributed by atoms with E-state index in [0.717, 1.165) is 37.7 Å². The minimum atomic E-state index is -0.497.